The average molecular weight is 315 g/mol. The van der Waals surface area contributed by atoms with Gasteiger partial charge in [0.1, 0.15) is 5.82 Å². The van der Waals surface area contributed by atoms with Gasteiger partial charge in [-0.3, -0.25) is 9.78 Å². The van der Waals surface area contributed by atoms with Crippen molar-refractivity contribution >= 4 is 5.91 Å². The number of amides is 1. The van der Waals surface area contributed by atoms with Crippen molar-refractivity contribution in [1.82, 2.24) is 15.2 Å². The normalized spacial score (nSPS) is 10.7. The van der Waals surface area contributed by atoms with E-state index in [1.54, 1.807) is 30.6 Å². The molecule has 122 valence electrons. The predicted octanol–water partition coefficient (Wildman–Crippen LogP) is 2.40. The summed E-state index contributed by atoms with van der Waals surface area (Å²) in [6.07, 6.45) is 4.90. The highest BCUT2D eigenvalue weighted by atomic mass is 19.1. The Labute approximate surface area is 136 Å². The summed E-state index contributed by atoms with van der Waals surface area (Å²) in [5.41, 5.74) is 1.74. The summed E-state index contributed by atoms with van der Waals surface area (Å²) >= 11 is 0. The second-order valence-corrected chi connectivity index (χ2v) is 5.53. The number of hydrogen-bond donors (Lipinski definition) is 1. The van der Waals surface area contributed by atoms with Gasteiger partial charge in [-0.25, -0.2) is 4.39 Å². The van der Waals surface area contributed by atoms with Crippen molar-refractivity contribution in [1.29, 1.82) is 0 Å². The van der Waals surface area contributed by atoms with Crippen LogP contribution in [0.15, 0.2) is 48.8 Å². The van der Waals surface area contributed by atoms with Crippen molar-refractivity contribution < 1.29 is 9.18 Å². The second-order valence-electron chi connectivity index (χ2n) is 5.53. The Balaban J connectivity index is 1.65. The largest absolute Gasteiger partial charge is 0.352 e. The molecular weight excluding hydrogens is 293 g/mol. The zero-order valence-electron chi connectivity index (χ0n) is 13.3. The minimum absolute atomic E-state index is 0.0657. The maximum Gasteiger partial charge on any atom is 0.221 e. The molecule has 23 heavy (non-hydrogen) atoms. The Bertz CT molecular complexity index is 619. The monoisotopic (exact) mass is 315 g/mol. The molecule has 1 aromatic heterocycles. The minimum atomic E-state index is -0.290. The molecule has 5 heteroatoms. The van der Waals surface area contributed by atoms with E-state index in [2.05, 4.69) is 15.2 Å². The molecule has 0 unspecified atom stereocenters. The molecule has 2 rings (SSSR count). The number of halogens is 1. The van der Waals surface area contributed by atoms with Crippen LogP contribution in [-0.4, -0.2) is 35.9 Å². The number of nitrogens with one attached hydrogen (secondary N) is 1. The first kappa shape index (κ1) is 17.1. The number of aromatic nitrogens is 1. The maximum absolute atomic E-state index is 13.5. The zero-order chi connectivity index (χ0) is 16.5. The number of carbonyl (C=O) groups is 1. The number of benzene rings is 1. The molecule has 0 bridgehead atoms. The van der Waals surface area contributed by atoms with Gasteiger partial charge in [-0.05, 0) is 37.2 Å². The molecule has 0 atom stereocenters. The van der Waals surface area contributed by atoms with Crippen LogP contribution in [-0.2, 0) is 17.8 Å². The van der Waals surface area contributed by atoms with Crippen LogP contribution in [0, 0.1) is 5.82 Å². The highest BCUT2D eigenvalue weighted by Crippen LogP contribution is 2.05. The van der Waals surface area contributed by atoms with Crippen LogP contribution in [0.5, 0.6) is 0 Å². The van der Waals surface area contributed by atoms with E-state index >= 15 is 0 Å². The molecule has 1 aromatic carbocycles. The molecule has 2 aromatic rings. The van der Waals surface area contributed by atoms with E-state index in [1.165, 1.54) is 11.6 Å². The van der Waals surface area contributed by atoms with Crippen LogP contribution in [0.4, 0.5) is 4.39 Å². The van der Waals surface area contributed by atoms with Gasteiger partial charge in [-0.1, -0.05) is 18.2 Å². The summed E-state index contributed by atoms with van der Waals surface area (Å²) in [5.74, 6) is -0.355. The summed E-state index contributed by atoms with van der Waals surface area (Å²) in [7, 11) is 1.99. The van der Waals surface area contributed by atoms with E-state index in [0.29, 0.717) is 18.5 Å². The molecule has 4 nitrogen and oxygen atoms in total. The van der Waals surface area contributed by atoms with Gasteiger partial charge < -0.3 is 10.2 Å². The van der Waals surface area contributed by atoms with E-state index in [9.17, 15) is 9.18 Å². The first-order chi connectivity index (χ1) is 11.1. The summed E-state index contributed by atoms with van der Waals surface area (Å²) in [6.45, 7) is 1.78. The Kier molecular flexibility index (Phi) is 6.69. The Morgan fingerprint density at radius 2 is 1.91 bits per heavy atom. The molecule has 0 saturated carbocycles. The Morgan fingerprint density at radius 1 is 1.17 bits per heavy atom. The summed E-state index contributed by atoms with van der Waals surface area (Å²) in [5, 5.41) is 2.76. The standard InChI is InChI=1S/C18H22FN3O/c1-22(12-8-15-6-10-20-11-7-15)13-9-18(23)21-14-16-4-2-3-5-17(16)19/h2-7,10-11H,8-9,12-14H2,1H3,(H,21,23). The van der Waals surface area contributed by atoms with Crippen LogP contribution in [0.3, 0.4) is 0 Å². The topological polar surface area (TPSA) is 45.2 Å². The molecule has 0 aliphatic carbocycles. The van der Waals surface area contributed by atoms with Gasteiger partial charge >= 0.3 is 0 Å². The van der Waals surface area contributed by atoms with Crippen LogP contribution in [0.1, 0.15) is 17.5 Å². The molecule has 0 radical (unpaired) electrons. The van der Waals surface area contributed by atoms with Gasteiger partial charge in [-0.2, -0.15) is 0 Å². The van der Waals surface area contributed by atoms with E-state index in [0.717, 1.165) is 13.0 Å². The molecule has 1 heterocycles. The van der Waals surface area contributed by atoms with Gasteiger partial charge in [0, 0.05) is 44.0 Å². The number of likely N-dealkylation sites (N-methyl/N-ethyl adjacent to an activating group) is 1. The van der Waals surface area contributed by atoms with Crippen LogP contribution >= 0.6 is 0 Å². The third kappa shape index (κ3) is 6.16. The molecule has 0 aliphatic rings. The van der Waals surface area contributed by atoms with Crippen molar-refractivity contribution in [2.24, 2.45) is 0 Å². The number of carbonyl (C=O) groups excluding carboxylic acids is 1. The number of rotatable bonds is 8. The second kappa shape index (κ2) is 9.00. The minimum Gasteiger partial charge on any atom is -0.352 e. The van der Waals surface area contributed by atoms with E-state index in [1.807, 2.05) is 19.2 Å². The molecule has 1 amide bonds. The molecule has 0 saturated heterocycles. The van der Waals surface area contributed by atoms with E-state index in [-0.39, 0.29) is 18.3 Å². The van der Waals surface area contributed by atoms with Gasteiger partial charge in [0.2, 0.25) is 5.91 Å². The van der Waals surface area contributed by atoms with Crippen LogP contribution in [0.2, 0.25) is 0 Å². The summed E-state index contributed by atoms with van der Waals surface area (Å²) in [4.78, 5) is 17.9. The lowest BCUT2D eigenvalue weighted by molar-refractivity contribution is -0.121. The van der Waals surface area contributed by atoms with E-state index < -0.39 is 0 Å². The molecular formula is C18H22FN3O. The highest BCUT2D eigenvalue weighted by molar-refractivity contribution is 5.76. The predicted molar refractivity (Wildman–Crippen MR) is 88.3 cm³/mol. The van der Waals surface area contributed by atoms with Crippen molar-refractivity contribution in [2.75, 3.05) is 20.1 Å². The van der Waals surface area contributed by atoms with Crippen LogP contribution < -0.4 is 5.32 Å². The lowest BCUT2D eigenvalue weighted by Crippen LogP contribution is -2.29. The molecule has 0 aliphatic heterocycles. The third-order valence-corrected chi connectivity index (χ3v) is 3.69. The van der Waals surface area contributed by atoms with E-state index in [4.69, 9.17) is 0 Å². The van der Waals surface area contributed by atoms with Gasteiger partial charge in [0.15, 0.2) is 0 Å². The maximum atomic E-state index is 13.5. The molecule has 0 fully saturated rings. The van der Waals surface area contributed by atoms with Gasteiger partial charge in [0.25, 0.3) is 0 Å². The number of hydrogen-bond acceptors (Lipinski definition) is 3. The Hall–Kier alpha value is -2.27. The zero-order valence-corrected chi connectivity index (χ0v) is 13.3. The lowest BCUT2D eigenvalue weighted by atomic mass is 10.2. The van der Waals surface area contributed by atoms with Gasteiger partial charge in [0.05, 0.1) is 0 Å². The number of nitrogens with zero attached hydrogens (tertiary/aromatic N) is 2. The fraction of sp³-hybridized carbons (Fsp3) is 0.333. The average Bonchev–Trinajstić information content (AvgIpc) is 2.58. The van der Waals surface area contributed by atoms with Crippen molar-refractivity contribution in [3.63, 3.8) is 0 Å². The molecule has 1 N–H and O–H groups in total. The third-order valence-electron chi connectivity index (χ3n) is 3.69. The quantitative estimate of drug-likeness (QED) is 0.813. The van der Waals surface area contributed by atoms with Crippen molar-refractivity contribution in [2.45, 2.75) is 19.4 Å². The van der Waals surface area contributed by atoms with Crippen LogP contribution in [0.25, 0.3) is 0 Å². The Morgan fingerprint density at radius 3 is 2.65 bits per heavy atom. The summed E-state index contributed by atoms with van der Waals surface area (Å²) in [6, 6.07) is 10.5. The first-order valence-corrected chi connectivity index (χ1v) is 7.72. The summed E-state index contributed by atoms with van der Waals surface area (Å²) < 4.78 is 13.5. The SMILES string of the molecule is CN(CCC(=O)NCc1ccccc1F)CCc1ccncc1. The fourth-order valence-electron chi connectivity index (χ4n) is 2.20. The van der Waals surface area contributed by atoms with Crippen molar-refractivity contribution in [3.8, 4) is 0 Å². The first-order valence-electron chi connectivity index (χ1n) is 7.72. The van der Waals surface area contributed by atoms with Crippen molar-refractivity contribution in [3.05, 3.63) is 65.7 Å². The number of pyridine rings is 1. The van der Waals surface area contributed by atoms with Gasteiger partial charge in [-0.15, -0.1) is 0 Å². The lowest BCUT2D eigenvalue weighted by Gasteiger charge is -2.16. The highest BCUT2D eigenvalue weighted by Gasteiger charge is 2.06. The molecule has 0 spiro atoms. The smallest absolute Gasteiger partial charge is 0.221 e. The fourth-order valence-corrected chi connectivity index (χ4v) is 2.20.